The Labute approximate surface area is 103 Å². The highest BCUT2D eigenvalue weighted by molar-refractivity contribution is 5.98. The molecule has 6 heteroatoms. The second kappa shape index (κ2) is 3.76. The molecule has 0 saturated carbocycles. The zero-order chi connectivity index (χ0) is 12.7. The summed E-state index contributed by atoms with van der Waals surface area (Å²) >= 11 is 0. The summed E-state index contributed by atoms with van der Waals surface area (Å²) in [5, 5.41) is 6.39. The van der Waals surface area contributed by atoms with Crippen LogP contribution in [-0.4, -0.2) is 17.2 Å². The third-order valence-electron chi connectivity index (χ3n) is 2.82. The van der Waals surface area contributed by atoms with Crippen molar-refractivity contribution < 1.29 is 14.1 Å². The van der Waals surface area contributed by atoms with E-state index in [0.717, 1.165) is 5.56 Å². The highest BCUT2D eigenvalue weighted by Gasteiger charge is 2.24. The third-order valence-corrected chi connectivity index (χ3v) is 2.82. The van der Waals surface area contributed by atoms with Crippen molar-refractivity contribution >= 4 is 17.5 Å². The van der Waals surface area contributed by atoms with E-state index in [4.69, 9.17) is 15.0 Å². The predicted molar refractivity (Wildman–Crippen MR) is 65.1 cm³/mol. The Kier molecular flexibility index (Phi) is 2.22. The number of nitrogens with two attached hydrogens (primary N) is 1. The van der Waals surface area contributed by atoms with Crippen LogP contribution < -0.4 is 15.8 Å². The quantitative estimate of drug-likeness (QED) is 0.797. The van der Waals surface area contributed by atoms with Gasteiger partial charge in [-0.2, -0.15) is 0 Å². The van der Waals surface area contributed by atoms with Crippen LogP contribution in [0.25, 0.3) is 11.1 Å². The standard InChI is InChI=1S/C12H11N3O3/c1-6-12(16)15-9-4-7(2-3-10(9)17-6)8-5-14-18-11(8)13/h2-6H,13H2,1H3,(H,15,16). The number of anilines is 2. The van der Waals surface area contributed by atoms with Gasteiger partial charge in [-0.25, -0.2) is 0 Å². The fourth-order valence-electron chi connectivity index (χ4n) is 1.84. The van der Waals surface area contributed by atoms with Crippen LogP contribution in [0.4, 0.5) is 11.6 Å². The molecule has 1 unspecified atom stereocenters. The van der Waals surface area contributed by atoms with Crippen molar-refractivity contribution in [1.82, 2.24) is 5.16 Å². The zero-order valence-electron chi connectivity index (χ0n) is 9.64. The Hall–Kier alpha value is -2.50. The van der Waals surface area contributed by atoms with Gasteiger partial charge < -0.3 is 20.3 Å². The highest BCUT2D eigenvalue weighted by atomic mass is 16.5. The lowest BCUT2D eigenvalue weighted by molar-refractivity contribution is -0.122. The van der Waals surface area contributed by atoms with Crippen LogP contribution >= 0.6 is 0 Å². The minimum atomic E-state index is -0.482. The first-order valence-electron chi connectivity index (χ1n) is 5.47. The first-order chi connectivity index (χ1) is 8.65. The molecular formula is C12H11N3O3. The average Bonchev–Trinajstić information content (AvgIpc) is 2.76. The molecule has 1 aromatic carbocycles. The number of hydrogen-bond donors (Lipinski definition) is 2. The summed E-state index contributed by atoms with van der Waals surface area (Å²) in [6.07, 6.45) is 1.05. The number of aromatic nitrogens is 1. The van der Waals surface area contributed by atoms with Gasteiger partial charge in [-0.1, -0.05) is 11.2 Å². The second-order valence-electron chi connectivity index (χ2n) is 4.06. The SMILES string of the molecule is CC1Oc2ccc(-c3cnoc3N)cc2NC1=O. The largest absolute Gasteiger partial charge is 0.479 e. The molecule has 3 rings (SSSR count). The van der Waals surface area contributed by atoms with Crippen LogP contribution in [0, 0.1) is 0 Å². The molecule has 3 N–H and O–H groups in total. The number of amides is 1. The van der Waals surface area contributed by atoms with Crippen LogP contribution in [0.2, 0.25) is 0 Å². The van der Waals surface area contributed by atoms with E-state index in [1.807, 2.05) is 6.07 Å². The number of carbonyl (C=O) groups is 1. The molecule has 0 spiro atoms. The van der Waals surface area contributed by atoms with Crippen LogP contribution in [0.15, 0.2) is 28.9 Å². The van der Waals surface area contributed by atoms with Gasteiger partial charge in [0.1, 0.15) is 5.75 Å². The minimum absolute atomic E-state index is 0.169. The number of rotatable bonds is 1. The van der Waals surface area contributed by atoms with E-state index in [9.17, 15) is 4.79 Å². The van der Waals surface area contributed by atoms with Gasteiger partial charge >= 0.3 is 0 Å². The number of nitrogens with one attached hydrogen (secondary N) is 1. The Bertz CT molecular complexity index is 621. The Morgan fingerprint density at radius 3 is 3.00 bits per heavy atom. The number of nitrogens with zero attached hydrogens (tertiary/aromatic N) is 1. The molecule has 1 atom stereocenters. The number of carbonyl (C=O) groups excluding carboxylic acids is 1. The predicted octanol–water partition coefficient (Wildman–Crippen LogP) is 1.64. The monoisotopic (exact) mass is 245 g/mol. The number of hydrogen-bond acceptors (Lipinski definition) is 5. The molecule has 2 aromatic rings. The molecular weight excluding hydrogens is 234 g/mol. The molecule has 0 aliphatic carbocycles. The molecule has 0 radical (unpaired) electrons. The van der Waals surface area contributed by atoms with E-state index in [1.54, 1.807) is 19.1 Å². The van der Waals surface area contributed by atoms with Crippen molar-refractivity contribution in [2.75, 3.05) is 11.1 Å². The maximum absolute atomic E-state index is 11.5. The highest BCUT2D eigenvalue weighted by Crippen LogP contribution is 2.35. The van der Waals surface area contributed by atoms with Gasteiger partial charge in [0.25, 0.3) is 5.91 Å². The first kappa shape index (κ1) is 10.6. The van der Waals surface area contributed by atoms with Gasteiger partial charge in [-0.15, -0.1) is 0 Å². The van der Waals surface area contributed by atoms with Crippen molar-refractivity contribution in [2.24, 2.45) is 0 Å². The smallest absolute Gasteiger partial charge is 0.265 e. The van der Waals surface area contributed by atoms with Crippen molar-refractivity contribution in [2.45, 2.75) is 13.0 Å². The molecule has 1 amide bonds. The maximum atomic E-state index is 11.5. The lowest BCUT2D eigenvalue weighted by atomic mass is 10.1. The Morgan fingerprint density at radius 2 is 2.28 bits per heavy atom. The van der Waals surface area contributed by atoms with Gasteiger partial charge in [-0.05, 0) is 24.6 Å². The van der Waals surface area contributed by atoms with Gasteiger partial charge in [-0.3, -0.25) is 4.79 Å². The zero-order valence-corrected chi connectivity index (χ0v) is 9.64. The van der Waals surface area contributed by atoms with Crippen LogP contribution in [0.1, 0.15) is 6.92 Å². The lowest BCUT2D eigenvalue weighted by Crippen LogP contribution is -2.34. The number of fused-ring (bicyclic) bond motifs is 1. The molecule has 2 heterocycles. The summed E-state index contributed by atoms with van der Waals surface area (Å²) in [4.78, 5) is 11.5. The topological polar surface area (TPSA) is 90.4 Å². The second-order valence-corrected chi connectivity index (χ2v) is 4.06. The van der Waals surface area contributed by atoms with E-state index < -0.39 is 6.10 Å². The third kappa shape index (κ3) is 1.58. The molecule has 1 aromatic heterocycles. The van der Waals surface area contributed by atoms with E-state index in [0.29, 0.717) is 17.0 Å². The minimum Gasteiger partial charge on any atom is -0.479 e. The summed E-state index contributed by atoms with van der Waals surface area (Å²) in [5.41, 5.74) is 7.77. The molecule has 0 fully saturated rings. The molecule has 18 heavy (non-hydrogen) atoms. The first-order valence-corrected chi connectivity index (χ1v) is 5.47. The summed E-state index contributed by atoms with van der Waals surface area (Å²) in [5.74, 6) is 0.713. The van der Waals surface area contributed by atoms with Gasteiger partial charge in [0.05, 0.1) is 17.4 Å². The number of ether oxygens (including phenoxy) is 1. The molecule has 0 bridgehead atoms. The van der Waals surface area contributed by atoms with Crippen molar-refractivity contribution in [3.63, 3.8) is 0 Å². The molecule has 1 aliphatic heterocycles. The van der Waals surface area contributed by atoms with E-state index in [2.05, 4.69) is 10.5 Å². The van der Waals surface area contributed by atoms with Crippen molar-refractivity contribution in [1.29, 1.82) is 0 Å². The van der Waals surface area contributed by atoms with E-state index >= 15 is 0 Å². The van der Waals surface area contributed by atoms with E-state index in [-0.39, 0.29) is 11.8 Å². The number of nitrogen functional groups attached to an aromatic ring is 1. The van der Waals surface area contributed by atoms with Gasteiger partial charge in [0.15, 0.2) is 6.10 Å². The molecule has 1 aliphatic rings. The van der Waals surface area contributed by atoms with Gasteiger partial charge in [0, 0.05) is 0 Å². The molecule has 92 valence electrons. The Morgan fingerprint density at radius 1 is 1.44 bits per heavy atom. The summed E-state index contributed by atoms with van der Waals surface area (Å²) in [6.45, 7) is 1.70. The van der Waals surface area contributed by atoms with Gasteiger partial charge in [0.2, 0.25) is 5.88 Å². The van der Waals surface area contributed by atoms with Crippen molar-refractivity contribution in [3.8, 4) is 16.9 Å². The van der Waals surface area contributed by atoms with E-state index in [1.165, 1.54) is 6.20 Å². The normalized spacial score (nSPS) is 17.8. The summed E-state index contributed by atoms with van der Waals surface area (Å²) in [7, 11) is 0. The fourth-order valence-corrected chi connectivity index (χ4v) is 1.84. The number of benzene rings is 1. The van der Waals surface area contributed by atoms with Crippen LogP contribution in [0.3, 0.4) is 0 Å². The molecule has 6 nitrogen and oxygen atoms in total. The van der Waals surface area contributed by atoms with Crippen LogP contribution in [0.5, 0.6) is 5.75 Å². The lowest BCUT2D eigenvalue weighted by Gasteiger charge is -2.23. The average molecular weight is 245 g/mol. The van der Waals surface area contributed by atoms with Crippen LogP contribution in [-0.2, 0) is 4.79 Å². The van der Waals surface area contributed by atoms with Crippen molar-refractivity contribution in [3.05, 3.63) is 24.4 Å². The fraction of sp³-hybridized carbons (Fsp3) is 0.167. The maximum Gasteiger partial charge on any atom is 0.265 e. The summed E-state index contributed by atoms with van der Waals surface area (Å²) in [6, 6.07) is 5.40. The summed E-state index contributed by atoms with van der Waals surface area (Å²) < 4.78 is 10.3. The Balaban J connectivity index is 2.04. The molecule has 0 saturated heterocycles.